The lowest BCUT2D eigenvalue weighted by Crippen LogP contribution is -2.37. The maximum absolute atomic E-state index is 13.0. The second kappa shape index (κ2) is 7.19. The van der Waals surface area contributed by atoms with Gasteiger partial charge < -0.3 is 15.1 Å². The summed E-state index contributed by atoms with van der Waals surface area (Å²) in [6, 6.07) is 9.89. The van der Waals surface area contributed by atoms with Crippen LogP contribution < -0.4 is 16.3 Å². The van der Waals surface area contributed by atoms with Crippen LogP contribution >= 0.6 is 11.6 Å². The highest BCUT2D eigenvalue weighted by Crippen LogP contribution is 2.38. The molecule has 4 aromatic rings. The monoisotopic (exact) mass is 420 g/mol. The van der Waals surface area contributed by atoms with Gasteiger partial charge in [-0.2, -0.15) is 5.26 Å². The van der Waals surface area contributed by atoms with E-state index >= 15 is 0 Å². The molecule has 0 saturated heterocycles. The van der Waals surface area contributed by atoms with E-state index in [0.717, 1.165) is 11.1 Å². The summed E-state index contributed by atoms with van der Waals surface area (Å²) >= 11 is 6.73. The Morgan fingerprint density at radius 2 is 1.73 bits per heavy atom. The summed E-state index contributed by atoms with van der Waals surface area (Å²) in [6.07, 6.45) is 1.37. The van der Waals surface area contributed by atoms with E-state index in [1.165, 1.54) is 6.20 Å². The molecule has 0 atom stereocenters. The van der Waals surface area contributed by atoms with Crippen molar-refractivity contribution in [1.29, 1.82) is 5.26 Å². The second-order valence-corrected chi connectivity index (χ2v) is 8.22. The number of anilines is 2. The Balaban J connectivity index is 2.10. The molecule has 0 bridgehead atoms. The molecule has 0 radical (unpaired) electrons. The van der Waals surface area contributed by atoms with Crippen molar-refractivity contribution in [3.8, 4) is 6.07 Å². The van der Waals surface area contributed by atoms with Gasteiger partial charge in [0, 0.05) is 34.4 Å². The minimum atomic E-state index is -0.542. The van der Waals surface area contributed by atoms with Gasteiger partial charge in [-0.05, 0) is 39.8 Å². The molecular formula is C23H21ClN4O2. The minimum absolute atomic E-state index is 0.220. The van der Waals surface area contributed by atoms with Crippen molar-refractivity contribution in [2.45, 2.75) is 39.8 Å². The van der Waals surface area contributed by atoms with Gasteiger partial charge in [0.15, 0.2) is 5.58 Å². The standard InChI is InChI=1S/C23H21ClN4O2/c1-11(2)28(12(3)4)17-8-7-15-14-5-6-16-20(26)13(9-25)10-27-21(16)18(14)23(29)30-22(15)19(17)24/h5-8,10-12H,1-4H3,(H2,26,27). The van der Waals surface area contributed by atoms with Gasteiger partial charge in [-0.15, -0.1) is 0 Å². The predicted octanol–water partition coefficient (Wildman–Crippen LogP) is 5.22. The molecule has 0 aliphatic carbocycles. The molecular weight excluding hydrogens is 400 g/mol. The summed E-state index contributed by atoms with van der Waals surface area (Å²) in [6.45, 7) is 8.37. The second-order valence-electron chi connectivity index (χ2n) is 7.84. The minimum Gasteiger partial charge on any atom is -0.421 e. The molecule has 152 valence electrons. The highest BCUT2D eigenvalue weighted by Gasteiger charge is 2.22. The van der Waals surface area contributed by atoms with E-state index in [1.54, 1.807) is 12.1 Å². The van der Waals surface area contributed by atoms with E-state index in [9.17, 15) is 10.1 Å². The molecule has 6 nitrogen and oxygen atoms in total. The summed E-state index contributed by atoms with van der Waals surface area (Å²) < 4.78 is 5.70. The van der Waals surface area contributed by atoms with Crippen LogP contribution in [-0.4, -0.2) is 17.1 Å². The normalized spacial score (nSPS) is 11.7. The van der Waals surface area contributed by atoms with Gasteiger partial charge in [-0.25, -0.2) is 4.79 Å². The van der Waals surface area contributed by atoms with Gasteiger partial charge in [0.05, 0.1) is 27.8 Å². The van der Waals surface area contributed by atoms with Crippen LogP contribution in [0.5, 0.6) is 0 Å². The fourth-order valence-electron chi connectivity index (χ4n) is 4.16. The molecule has 2 heterocycles. The van der Waals surface area contributed by atoms with Crippen LogP contribution in [0.2, 0.25) is 5.02 Å². The third-order valence-corrected chi connectivity index (χ3v) is 5.72. The fourth-order valence-corrected chi connectivity index (χ4v) is 4.46. The molecule has 0 aliphatic rings. The van der Waals surface area contributed by atoms with Crippen LogP contribution in [0, 0.1) is 11.3 Å². The van der Waals surface area contributed by atoms with Gasteiger partial charge >= 0.3 is 5.63 Å². The molecule has 4 rings (SSSR count). The number of nitrogen functional groups attached to an aromatic ring is 1. The fraction of sp³-hybridized carbons (Fsp3) is 0.261. The Labute approximate surface area is 178 Å². The van der Waals surface area contributed by atoms with E-state index in [2.05, 4.69) is 37.6 Å². The summed E-state index contributed by atoms with van der Waals surface area (Å²) in [5.41, 5.74) is 7.68. The van der Waals surface area contributed by atoms with Crippen molar-refractivity contribution < 1.29 is 4.42 Å². The highest BCUT2D eigenvalue weighted by atomic mass is 35.5. The SMILES string of the molecule is CC(C)N(c1ccc2c(oc(=O)c3c2ccc2c(N)c(C#N)cnc23)c1Cl)C(C)C. The molecule has 2 aromatic heterocycles. The molecule has 0 amide bonds. The average molecular weight is 421 g/mol. The first kappa shape index (κ1) is 20.0. The number of rotatable bonds is 3. The van der Waals surface area contributed by atoms with Crippen LogP contribution in [0.25, 0.3) is 32.6 Å². The molecule has 0 fully saturated rings. The number of pyridine rings is 1. The Morgan fingerprint density at radius 3 is 2.37 bits per heavy atom. The van der Waals surface area contributed by atoms with Crippen LogP contribution in [0.3, 0.4) is 0 Å². The molecule has 0 saturated carbocycles. The van der Waals surface area contributed by atoms with E-state index in [0.29, 0.717) is 38.0 Å². The molecule has 2 aromatic carbocycles. The number of nitriles is 1. The zero-order valence-electron chi connectivity index (χ0n) is 17.2. The first-order valence-electron chi connectivity index (χ1n) is 9.70. The Kier molecular flexibility index (Phi) is 4.79. The number of nitrogens with two attached hydrogens (primary N) is 1. The maximum atomic E-state index is 13.0. The van der Waals surface area contributed by atoms with Gasteiger partial charge in [-0.1, -0.05) is 23.7 Å². The van der Waals surface area contributed by atoms with Crippen molar-refractivity contribution in [2.75, 3.05) is 10.6 Å². The Morgan fingerprint density at radius 1 is 1.10 bits per heavy atom. The quantitative estimate of drug-likeness (QED) is 0.360. The summed E-state index contributed by atoms with van der Waals surface area (Å²) in [5.74, 6) is 0. The molecule has 30 heavy (non-hydrogen) atoms. The predicted molar refractivity (Wildman–Crippen MR) is 122 cm³/mol. The van der Waals surface area contributed by atoms with Gasteiger partial charge in [0.2, 0.25) is 0 Å². The largest absolute Gasteiger partial charge is 0.421 e. The van der Waals surface area contributed by atoms with Crippen molar-refractivity contribution in [3.63, 3.8) is 0 Å². The topological polar surface area (TPSA) is 96.1 Å². The molecule has 0 aliphatic heterocycles. The molecule has 0 spiro atoms. The van der Waals surface area contributed by atoms with Crippen molar-refractivity contribution in [3.05, 3.63) is 51.5 Å². The van der Waals surface area contributed by atoms with E-state index in [-0.39, 0.29) is 17.6 Å². The van der Waals surface area contributed by atoms with Crippen molar-refractivity contribution in [1.82, 2.24) is 4.98 Å². The van der Waals surface area contributed by atoms with E-state index < -0.39 is 5.63 Å². The van der Waals surface area contributed by atoms with E-state index in [4.69, 9.17) is 21.8 Å². The number of nitrogens with zero attached hydrogens (tertiary/aromatic N) is 3. The van der Waals surface area contributed by atoms with Crippen molar-refractivity contribution in [2.24, 2.45) is 0 Å². The number of hydrogen-bond acceptors (Lipinski definition) is 6. The van der Waals surface area contributed by atoms with Gasteiger partial charge in [0.25, 0.3) is 0 Å². The third-order valence-electron chi connectivity index (χ3n) is 5.36. The lowest BCUT2D eigenvalue weighted by Gasteiger charge is -2.33. The van der Waals surface area contributed by atoms with Crippen LogP contribution in [0.1, 0.15) is 33.3 Å². The van der Waals surface area contributed by atoms with Crippen LogP contribution in [0.15, 0.2) is 39.7 Å². The molecule has 7 heteroatoms. The first-order chi connectivity index (χ1) is 14.3. The smallest absolute Gasteiger partial charge is 0.346 e. The zero-order chi connectivity index (χ0) is 21.7. The van der Waals surface area contributed by atoms with Gasteiger partial charge in [-0.3, -0.25) is 4.98 Å². The Bertz CT molecular complexity index is 1410. The Hall–Kier alpha value is -3.30. The van der Waals surface area contributed by atoms with Crippen molar-refractivity contribution >= 4 is 55.6 Å². The van der Waals surface area contributed by atoms with Crippen LogP contribution in [-0.2, 0) is 0 Å². The lowest BCUT2D eigenvalue weighted by molar-refractivity contribution is 0.568. The number of fused-ring (bicyclic) bond motifs is 5. The molecule has 0 unspecified atom stereocenters. The number of halogens is 1. The van der Waals surface area contributed by atoms with E-state index in [1.807, 2.05) is 18.2 Å². The lowest BCUT2D eigenvalue weighted by atomic mass is 10.0. The first-order valence-corrected chi connectivity index (χ1v) is 10.1. The highest BCUT2D eigenvalue weighted by molar-refractivity contribution is 6.38. The van der Waals surface area contributed by atoms with Gasteiger partial charge in [0.1, 0.15) is 11.1 Å². The summed E-state index contributed by atoms with van der Waals surface area (Å²) in [4.78, 5) is 19.5. The molecule has 2 N–H and O–H groups in total. The maximum Gasteiger partial charge on any atom is 0.346 e. The number of benzene rings is 2. The third kappa shape index (κ3) is 2.86. The average Bonchev–Trinajstić information content (AvgIpc) is 2.70. The zero-order valence-corrected chi connectivity index (χ0v) is 17.9. The number of aromatic nitrogens is 1. The summed E-state index contributed by atoms with van der Waals surface area (Å²) in [5, 5.41) is 11.9. The van der Waals surface area contributed by atoms with Crippen LogP contribution in [0.4, 0.5) is 11.4 Å². The summed E-state index contributed by atoms with van der Waals surface area (Å²) in [7, 11) is 0. The number of hydrogen-bond donors (Lipinski definition) is 1.